The summed E-state index contributed by atoms with van der Waals surface area (Å²) in [7, 11) is 1.61. The van der Waals surface area contributed by atoms with E-state index < -0.39 is 11.9 Å². The molecule has 194 valence electrons. The molecule has 1 unspecified atom stereocenters. The number of allylic oxidation sites excluding steroid dienone is 3. The van der Waals surface area contributed by atoms with Crippen molar-refractivity contribution in [2.75, 3.05) is 7.11 Å². The number of hydrogen-bond acceptors (Lipinski definition) is 5. The summed E-state index contributed by atoms with van der Waals surface area (Å²) in [4.78, 5) is 27.2. The Morgan fingerprint density at radius 2 is 1.58 bits per heavy atom. The third kappa shape index (κ3) is 5.14. The Hall–Kier alpha value is -4.12. The predicted molar refractivity (Wildman–Crippen MR) is 148 cm³/mol. The Morgan fingerprint density at radius 3 is 2.24 bits per heavy atom. The van der Waals surface area contributed by atoms with Crippen LogP contribution in [0.3, 0.4) is 0 Å². The molecule has 0 radical (unpaired) electrons. The first kappa shape index (κ1) is 25.5. The van der Waals surface area contributed by atoms with E-state index in [1.165, 1.54) is 0 Å². The molecule has 0 bridgehead atoms. The quantitative estimate of drug-likeness (QED) is 0.376. The van der Waals surface area contributed by atoms with Crippen LogP contribution in [0.4, 0.5) is 0 Å². The summed E-state index contributed by atoms with van der Waals surface area (Å²) in [5, 5.41) is 3.41. The molecule has 5 rings (SSSR count). The smallest absolute Gasteiger partial charge is 0.337 e. The molecule has 0 aromatic heterocycles. The van der Waals surface area contributed by atoms with Gasteiger partial charge in [-0.05, 0) is 53.1 Å². The average Bonchev–Trinajstić information content (AvgIpc) is 2.91. The molecule has 3 aromatic carbocycles. The molecule has 1 heterocycles. The second-order valence-electron chi connectivity index (χ2n) is 10.8. The normalized spacial score (nSPS) is 18.5. The van der Waals surface area contributed by atoms with Crippen molar-refractivity contribution in [3.63, 3.8) is 0 Å². The van der Waals surface area contributed by atoms with Gasteiger partial charge in [0.1, 0.15) is 12.4 Å². The summed E-state index contributed by atoms with van der Waals surface area (Å²) >= 11 is 0. The molecule has 0 fully saturated rings. The summed E-state index contributed by atoms with van der Waals surface area (Å²) in [6, 6.07) is 25.8. The number of benzene rings is 3. The first-order chi connectivity index (χ1) is 18.3. The van der Waals surface area contributed by atoms with Crippen LogP contribution < -0.4 is 10.1 Å². The Balaban J connectivity index is 1.50. The van der Waals surface area contributed by atoms with Crippen molar-refractivity contribution in [3.05, 3.63) is 113 Å². The van der Waals surface area contributed by atoms with Crippen LogP contribution in [0.5, 0.6) is 5.75 Å². The number of Topliss-reactive ketones (excluding diaryl/α,β-unsaturated/α-hetero) is 1. The van der Waals surface area contributed by atoms with E-state index in [1.807, 2.05) is 61.5 Å². The number of ketones is 1. The largest absolute Gasteiger partial charge is 0.497 e. The molecule has 1 aliphatic carbocycles. The first-order valence-corrected chi connectivity index (χ1v) is 13.0. The third-order valence-electron chi connectivity index (χ3n) is 7.34. The van der Waals surface area contributed by atoms with Crippen molar-refractivity contribution in [1.29, 1.82) is 0 Å². The van der Waals surface area contributed by atoms with Gasteiger partial charge in [0.2, 0.25) is 0 Å². The van der Waals surface area contributed by atoms with E-state index in [0.29, 0.717) is 17.6 Å². The fraction of sp³-hybridized carbons (Fsp3) is 0.273. The van der Waals surface area contributed by atoms with Gasteiger partial charge in [-0.25, -0.2) is 4.79 Å². The molecule has 0 saturated heterocycles. The Bertz CT molecular complexity index is 1410. The maximum atomic E-state index is 13.6. The molecule has 1 atom stereocenters. The molecular weight excluding hydrogens is 474 g/mol. The van der Waals surface area contributed by atoms with Gasteiger partial charge in [0.05, 0.1) is 12.7 Å². The second kappa shape index (κ2) is 10.3. The molecule has 0 spiro atoms. The van der Waals surface area contributed by atoms with Gasteiger partial charge >= 0.3 is 5.97 Å². The predicted octanol–water partition coefficient (Wildman–Crippen LogP) is 6.71. The maximum Gasteiger partial charge on any atom is 0.337 e. The van der Waals surface area contributed by atoms with Crippen molar-refractivity contribution < 1.29 is 19.1 Å². The van der Waals surface area contributed by atoms with E-state index in [4.69, 9.17) is 9.47 Å². The van der Waals surface area contributed by atoms with Crippen LogP contribution >= 0.6 is 0 Å². The van der Waals surface area contributed by atoms with Crippen LogP contribution in [0.25, 0.3) is 11.1 Å². The molecule has 0 saturated carbocycles. The zero-order chi connectivity index (χ0) is 26.9. The molecule has 1 N–H and O–H groups in total. The van der Waals surface area contributed by atoms with Crippen molar-refractivity contribution >= 4 is 11.8 Å². The van der Waals surface area contributed by atoms with Gasteiger partial charge in [-0.2, -0.15) is 0 Å². The van der Waals surface area contributed by atoms with Crippen molar-refractivity contribution in [2.45, 2.75) is 46.1 Å². The average molecular weight is 508 g/mol. The van der Waals surface area contributed by atoms with Gasteiger partial charge in [-0.15, -0.1) is 0 Å². The van der Waals surface area contributed by atoms with Gasteiger partial charge in [0.15, 0.2) is 5.78 Å². The molecule has 0 amide bonds. The third-order valence-corrected chi connectivity index (χ3v) is 7.34. The molecule has 2 aliphatic rings. The molecular formula is C33H33NO4. The standard InChI is InChI=1S/C33H33NO4/c1-21-29(32(36)38-20-22-10-16-26(37-4)17-11-22)30(31-27(34-21)18-33(2,3)19-28(31)35)25-14-12-24(13-15-25)23-8-6-5-7-9-23/h5-17,30,34H,18-20H2,1-4H3. The van der Waals surface area contributed by atoms with Crippen LogP contribution in [0.2, 0.25) is 0 Å². The minimum absolute atomic E-state index is 0.0776. The summed E-state index contributed by atoms with van der Waals surface area (Å²) < 4.78 is 11.0. The lowest BCUT2D eigenvalue weighted by molar-refractivity contribution is -0.140. The highest BCUT2D eigenvalue weighted by atomic mass is 16.5. The second-order valence-corrected chi connectivity index (χ2v) is 10.8. The minimum atomic E-state index is -0.483. The molecule has 5 heteroatoms. The van der Waals surface area contributed by atoms with Crippen LogP contribution in [0.1, 0.15) is 50.7 Å². The highest BCUT2D eigenvalue weighted by Crippen LogP contribution is 2.47. The number of dihydropyridines is 1. The van der Waals surface area contributed by atoms with E-state index in [-0.39, 0.29) is 17.8 Å². The summed E-state index contributed by atoms with van der Waals surface area (Å²) in [5.41, 5.74) is 6.62. The van der Waals surface area contributed by atoms with Gasteiger partial charge in [0.25, 0.3) is 0 Å². The summed E-state index contributed by atoms with van der Waals surface area (Å²) in [5.74, 6) is -0.0867. The Labute approximate surface area is 224 Å². The Morgan fingerprint density at radius 1 is 0.921 bits per heavy atom. The van der Waals surface area contributed by atoms with Gasteiger partial charge in [-0.1, -0.05) is 80.6 Å². The lowest BCUT2D eigenvalue weighted by Gasteiger charge is -2.39. The molecule has 5 nitrogen and oxygen atoms in total. The van der Waals surface area contributed by atoms with Crippen molar-refractivity contribution in [1.82, 2.24) is 5.32 Å². The Kier molecular flexibility index (Phi) is 6.94. The van der Waals surface area contributed by atoms with Crippen LogP contribution in [0.15, 0.2) is 101 Å². The fourth-order valence-electron chi connectivity index (χ4n) is 5.49. The number of hydrogen-bond donors (Lipinski definition) is 1. The number of carbonyl (C=O) groups is 2. The lowest BCUT2D eigenvalue weighted by Crippen LogP contribution is -2.38. The van der Waals surface area contributed by atoms with Crippen molar-refractivity contribution in [2.24, 2.45) is 5.41 Å². The number of nitrogens with one attached hydrogen (secondary N) is 1. The van der Waals surface area contributed by atoms with E-state index in [9.17, 15) is 9.59 Å². The topological polar surface area (TPSA) is 64.6 Å². The zero-order valence-electron chi connectivity index (χ0n) is 22.3. The lowest BCUT2D eigenvalue weighted by atomic mass is 9.68. The number of rotatable bonds is 6. The minimum Gasteiger partial charge on any atom is -0.497 e. The number of methoxy groups -OCH3 is 1. The summed E-state index contributed by atoms with van der Waals surface area (Å²) in [6.45, 7) is 6.24. The van der Waals surface area contributed by atoms with E-state index >= 15 is 0 Å². The maximum absolute atomic E-state index is 13.6. The van der Waals surface area contributed by atoms with Gasteiger partial charge < -0.3 is 14.8 Å². The van der Waals surface area contributed by atoms with Gasteiger partial charge in [-0.3, -0.25) is 4.79 Å². The monoisotopic (exact) mass is 507 g/mol. The number of carbonyl (C=O) groups excluding carboxylic acids is 2. The molecule has 3 aromatic rings. The highest BCUT2D eigenvalue weighted by Gasteiger charge is 2.43. The molecule has 1 aliphatic heterocycles. The first-order valence-electron chi connectivity index (χ1n) is 13.0. The van der Waals surface area contributed by atoms with Crippen molar-refractivity contribution in [3.8, 4) is 16.9 Å². The van der Waals surface area contributed by atoms with Crippen LogP contribution in [-0.2, 0) is 20.9 Å². The number of ether oxygens (including phenoxy) is 2. The van der Waals surface area contributed by atoms with Crippen LogP contribution in [0, 0.1) is 5.41 Å². The van der Waals surface area contributed by atoms with E-state index in [0.717, 1.165) is 45.8 Å². The number of esters is 1. The SMILES string of the molecule is COc1ccc(COC(=O)C2=C(C)NC3=C(C(=O)CC(C)(C)C3)C2c2ccc(-c3ccccc3)cc2)cc1. The zero-order valence-corrected chi connectivity index (χ0v) is 22.3. The van der Waals surface area contributed by atoms with Gasteiger partial charge in [0, 0.05) is 29.3 Å². The fourth-order valence-corrected chi connectivity index (χ4v) is 5.49. The molecule has 38 heavy (non-hydrogen) atoms. The van der Waals surface area contributed by atoms with E-state index in [2.05, 4.69) is 43.4 Å². The highest BCUT2D eigenvalue weighted by molar-refractivity contribution is 6.04. The van der Waals surface area contributed by atoms with Crippen LogP contribution in [-0.4, -0.2) is 18.9 Å². The summed E-state index contributed by atoms with van der Waals surface area (Å²) in [6.07, 6.45) is 1.19. The van der Waals surface area contributed by atoms with E-state index in [1.54, 1.807) is 7.11 Å².